The van der Waals surface area contributed by atoms with E-state index in [1.54, 1.807) is 9.21 Å². The fourth-order valence-corrected chi connectivity index (χ4v) is 7.87. The number of aryl methyl sites for hydroxylation is 2. The number of H-pyrrole nitrogens is 1. The van der Waals surface area contributed by atoms with Crippen LogP contribution in [0.2, 0.25) is 0 Å². The highest BCUT2D eigenvalue weighted by Crippen LogP contribution is 2.43. The summed E-state index contributed by atoms with van der Waals surface area (Å²) in [7, 11) is -3.23. The second-order valence-electron chi connectivity index (χ2n) is 12.4. The fourth-order valence-electron chi connectivity index (χ4n) is 7.00. The van der Waals surface area contributed by atoms with E-state index in [1.165, 1.54) is 6.26 Å². The van der Waals surface area contributed by atoms with Crippen molar-refractivity contribution in [3.8, 4) is 0 Å². The quantitative estimate of drug-likeness (QED) is 0.386. The third-order valence-corrected chi connectivity index (χ3v) is 10.7. The molecule has 2 amide bonds. The zero-order valence-corrected chi connectivity index (χ0v) is 27.0. The molecule has 41 heavy (non-hydrogen) atoms. The molecule has 0 aromatic carbocycles. The van der Waals surface area contributed by atoms with Crippen LogP contribution in [0.5, 0.6) is 0 Å². The molecule has 3 N–H and O–H groups in total. The highest BCUT2D eigenvalue weighted by Gasteiger charge is 2.55. The number of aliphatic hydroxyl groups is 1. The number of piperazine rings is 1. The minimum atomic E-state index is -3.23. The number of likely N-dealkylation sites (tertiary alicyclic amines) is 1. The summed E-state index contributed by atoms with van der Waals surface area (Å²) in [5, 5.41) is 21.2. The zero-order valence-electron chi connectivity index (χ0n) is 25.4. The number of nitrogens with one attached hydrogen (secondary N) is 2. The van der Waals surface area contributed by atoms with Crippen LogP contribution in [-0.4, -0.2) is 106 Å². The molecule has 1 spiro atoms. The van der Waals surface area contributed by atoms with Crippen molar-refractivity contribution in [2.45, 2.75) is 96.9 Å². The van der Waals surface area contributed by atoms with Gasteiger partial charge in [-0.25, -0.2) is 12.7 Å². The summed E-state index contributed by atoms with van der Waals surface area (Å²) >= 11 is 0. The van der Waals surface area contributed by atoms with E-state index in [-0.39, 0.29) is 42.1 Å². The Morgan fingerprint density at radius 2 is 1.71 bits per heavy atom. The lowest BCUT2D eigenvalue weighted by Crippen LogP contribution is -2.75. The number of nitrogens with zero attached hydrogens (tertiary/aromatic N) is 4. The molecule has 1 aromatic rings. The Kier molecular flexibility index (Phi) is 10.9. The highest BCUT2D eigenvalue weighted by molar-refractivity contribution is 7.88. The average Bonchev–Trinajstić information content (AvgIpc) is 3.24. The summed E-state index contributed by atoms with van der Waals surface area (Å²) in [5.74, 6) is -0.268. The van der Waals surface area contributed by atoms with Gasteiger partial charge in [0.15, 0.2) is 0 Å². The molecule has 0 radical (unpaired) electrons. The lowest BCUT2D eigenvalue weighted by Gasteiger charge is -2.54. The molecule has 234 valence electrons. The van der Waals surface area contributed by atoms with Gasteiger partial charge in [-0.05, 0) is 57.8 Å². The first-order chi connectivity index (χ1) is 18.8. The van der Waals surface area contributed by atoms with Crippen molar-refractivity contribution in [3.05, 3.63) is 17.0 Å². The molecule has 4 rings (SSSR count). The number of hydrogen-bond donors (Lipinski definition) is 3. The monoisotopic (exact) mass is 616 g/mol. The van der Waals surface area contributed by atoms with Gasteiger partial charge in [0.25, 0.3) is 0 Å². The summed E-state index contributed by atoms with van der Waals surface area (Å²) in [6.07, 6.45) is 4.54. The van der Waals surface area contributed by atoms with E-state index in [4.69, 9.17) is 0 Å². The molecule has 3 aliphatic heterocycles. The van der Waals surface area contributed by atoms with E-state index in [0.717, 1.165) is 42.6 Å². The largest absolute Gasteiger partial charge is 0.390 e. The first-order valence-electron chi connectivity index (χ1n) is 14.8. The molecule has 3 aliphatic rings. The van der Waals surface area contributed by atoms with Gasteiger partial charge < -0.3 is 15.3 Å². The standard InChI is InChI=1S/C28H48N6O5S.ClH/c1-7-8-13-34-26(36)23(25(35)18(2)3)29-27(37)28(34)11-16-32(17-12-28)24(22-19(4)30-31-20(22)5)21-9-14-33(15-10-21)40(6,38)39;/h18,21,23-25,35H,7-17H2,1-6H3,(H,29,37)(H,30,31);1H/t23-,24?,25-;/m1./s1. The van der Waals surface area contributed by atoms with E-state index in [9.17, 15) is 23.1 Å². The van der Waals surface area contributed by atoms with E-state index >= 15 is 0 Å². The van der Waals surface area contributed by atoms with E-state index in [2.05, 4.69) is 27.3 Å². The van der Waals surface area contributed by atoms with Crippen molar-refractivity contribution in [1.82, 2.24) is 29.6 Å². The van der Waals surface area contributed by atoms with E-state index in [0.29, 0.717) is 45.6 Å². The predicted octanol–water partition coefficient (Wildman–Crippen LogP) is 2.14. The SMILES string of the molecule is CCCCN1C(=O)[C@@H]([C@H](O)C(C)C)NC(=O)C12CCN(C(c1c(C)n[nH]c1C)C1CCN(S(C)(=O)=O)CC1)CC2.Cl. The number of aromatic amines is 1. The Morgan fingerprint density at radius 3 is 2.20 bits per heavy atom. The van der Waals surface area contributed by atoms with Crippen LogP contribution in [0.4, 0.5) is 0 Å². The summed E-state index contributed by atoms with van der Waals surface area (Å²) in [6, 6.07) is -0.878. The van der Waals surface area contributed by atoms with Crippen LogP contribution in [0.15, 0.2) is 0 Å². The first kappa shape index (κ1) is 33.8. The molecule has 1 unspecified atom stereocenters. The van der Waals surface area contributed by atoms with Crippen LogP contribution < -0.4 is 5.32 Å². The molecular formula is C28H49ClN6O5S. The van der Waals surface area contributed by atoms with Gasteiger partial charge in [0, 0.05) is 50.0 Å². The molecule has 3 atom stereocenters. The van der Waals surface area contributed by atoms with Crippen LogP contribution in [0, 0.1) is 25.7 Å². The number of rotatable bonds is 9. The number of halogens is 1. The number of unbranched alkanes of at least 4 members (excludes halogenated alkanes) is 1. The minimum Gasteiger partial charge on any atom is -0.390 e. The maximum atomic E-state index is 13.8. The van der Waals surface area contributed by atoms with E-state index in [1.807, 2.05) is 27.7 Å². The summed E-state index contributed by atoms with van der Waals surface area (Å²) in [6.45, 7) is 12.5. The molecule has 3 saturated heterocycles. The number of carbonyl (C=O) groups excluding carboxylic acids is 2. The van der Waals surface area contributed by atoms with Gasteiger partial charge in [-0.3, -0.25) is 19.6 Å². The number of aliphatic hydroxyl groups excluding tert-OH is 1. The van der Waals surface area contributed by atoms with Crippen molar-refractivity contribution in [1.29, 1.82) is 0 Å². The molecular weight excluding hydrogens is 568 g/mol. The normalized spacial score (nSPS) is 24.4. The van der Waals surface area contributed by atoms with Gasteiger partial charge in [-0.1, -0.05) is 27.2 Å². The maximum Gasteiger partial charge on any atom is 0.248 e. The maximum absolute atomic E-state index is 13.8. The molecule has 11 nitrogen and oxygen atoms in total. The summed E-state index contributed by atoms with van der Waals surface area (Å²) < 4.78 is 25.9. The summed E-state index contributed by atoms with van der Waals surface area (Å²) in [4.78, 5) is 31.7. The molecule has 4 heterocycles. The van der Waals surface area contributed by atoms with Gasteiger partial charge in [0.2, 0.25) is 21.8 Å². The number of amides is 2. The molecule has 0 bridgehead atoms. The van der Waals surface area contributed by atoms with Crippen LogP contribution in [-0.2, 0) is 19.6 Å². The van der Waals surface area contributed by atoms with Gasteiger partial charge >= 0.3 is 0 Å². The first-order valence-corrected chi connectivity index (χ1v) is 16.7. The fraction of sp³-hybridized carbons (Fsp3) is 0.821. The number of aromatic nitrogens is 2. The lowest BCUT2D eigenvalue weighted by atomic mass is 9.77. The molecule has 3 fully saturated rings. The van der Waals surface area contributed by atoms with Crippen LogP contribution in [0.25, 0.3) is 0 Å². The Hall–Kier alpha value is -1.73. The summed E-state index contributed by atoms with van der Waals surface area (Å²) in [5.41, 5.74) is 2.17. The molecule has 0 saturated carbocycles. The predicted molar refractivity (Wildman–Crippen MR) is 160 cm³/mol. The Morgan fingerprint density at radius 1 is 1.10 bits per heavy atom. The second kappa shape index (κ2) is 13.3. The van der Waals surface area contributed by atoms with Crippen LogP contribution in [0.1, 0.15) is 82.3 Å². The third kappa shape index (κ3) is 6.61. The minimum absolute atomic E-state index is 0. The smallest absolute Gasteiger partial charge is 0.248 e. The second-order valence-corrected chi connectivity index (χ2v) is 14.4. The number of carbonyl (C=O) groups is 2. The van der Waals surface area contributed by atoms with Crippen LogP contribution in [0.3, 0.4) is 0 Å². The average molecular weight is 617 g/mol. The van der Waals surface area contributed by atoms with E-state index < -0.39 is 27.7 Å². The topological polar surface area (TPSA) is 139 Å². The zero-order chi connectivity index (χ0) is 29.4. The Bertz CT molecular complexity index is 1160. The Balaban J connectivity index is 0.00000462. The number of piperidine rings is 2. The number of sulfonamides is 1. The van der Waals surface area contributed by atoms with Crippen molar-refractivity contribution in [2.24, 2.45) is 11.8 Å². The molecule has 1 aromatic heterocycles. The van der Waals surface area contributed by atoms with Crippen molar-refractivity contribution >= 4 is 34.2 Å². The van der Waals surface area contributed by atoms with Gasteiger partial charge in [0.05, 0.1) is 18.1 Å². The van der Waals surface area contributed by atoms with Crippen LogP contribution >= 0.6 is 12.4 Å². The molecule has 13 heteroatoms. The van der Waals surface area contributed by atoms with Gasteiger partial charge in [-0.15, -0.1) is 12.4 Å². The highest BCUT2D eigenvalue weighted by atomic mass is 35.5. The lowest BCUT2D eigenvalue weighted by molar-refractivity contribution is -0.166. The third-order valence-electron chi connectivity index (χ3n) is 9.43. The van der Waals surface area contributed by atoms with Crippen molar-refractivity contribution < 1.29 is 23.1 Å². The Labute approximate surface area is 251 Å². The molecule has 0 aliphatic carbocycles. The van der Waals surface area contributed by atoms with Gasteiger partial charge in [0.1, 0.15) is 11.6 Å². The number of hydrogen-bond acceptors (Lipinski definition) is 7. The van der Waals surface area contributed by atoms with Crippen molar-refractivity contribution in [2.75, 3.05) is 39.0 Å². The van der Waals surface area contributed by atoms with Crippen molar-refractivity contribution in [3.63, 3.8) is 0 Å². The van der Waals surface area contributed by atoms with Gasteiger partial charge in [-0.2, -0.15) is 5.10 Å².